The maximum Gasteiger partial charge on any atom is 0.341 e. The van der Waals surface area contributed by atoms with Crippen LogP contribution in [0, 0.1) is 5.92 Å². The van der Waals surface area contributed by atoms with Crippen LogP contribution in [0.2, 0.25) is 0 Å². The predicted octanol–water partition coefficient (Wildman–Crippen LogP) is 4.64. The van der Waals surface area contributed by atoms with E-state index in [9.17, 15) is 9.59 Å². The highest BCUT2D eigenvalue weighted by Gasteiger charge is 2.31. The lowest BCUT2D eigenvalue weighted by Crippen LogP contribution is -2.46. The highest BCUT2D eigenvalue weighted by atomic mass is 32.1. The number of nitrogens with zero attached hydrogens (tertiary/aromatic N) is 1. The van der Waals surface area contributed by atoms with E-state index in [1.54, 1.807) is 11.3 Å². The molecule has 0 radical (unpaired) electrons. The Labute approximate surface area is 172 Å². The number of rotatable bonds is 6. The number of carbonyl (C=O) groups excluding carboxylic acids is 2. The second-order valence-corrected chi connectivity index (χ2v) is 9.50. The molecule has 1 N–H and O–H groups in total. The largest absolute Gasteiger partial charge is 0.462 e. The minimum absolute atomic E-state index is 0.0368. The van der Waals surface area contributed by atoms with Crippen LogP contribution in [0.1, 0.15) is 80.1 Å². The number of hydrogen-bond acceptors (Lipinski definition) is 5. The molecule has 156 valence electrons. The van der Waals surface area contributed by atoms with E-state index in [1.807, 2.05) is 20.9 Å². The Balaban J connectivity index is 1.78. The van der Waals surface area contributed by atoms with Crippen molar-refractivity contribution in [1.82, 2.24) is 4.90 Å². The van der Waals surface area contributed by atoms with Gasteiger partial charge in [0, 0.05) is 10.9 Å². The van der Waals surface area contributed by atoms with Gasteiger partial charge in [0.05, 0.1) is 18.2 Å². The number of likely N-dealkylation sites (N-methyl/N-ethyl adjacent to an activating group) is 1. The Morgan fingerprint density at radius 3 is 2.64 bits per heavy atom. The molecule has 0 aliphatic heterocycles. The standard InChI is InChI=1S/C22H34N2O3S/c1-5-27-22(26)19-17-12-11-14(2)13-18(17)28-21(19)23-20(25)15(3)24(4)16-9-7-6-8-10-16/h14-16H,5-13H2,1-4H3,(H,23,25)/t14-,15-/m1/s1. The van der Waals surface area contributed by atoms with E-state index in [2.05, 4.69) is 17.1 Å². The van der Waals surface area contributed by atoms with Crippen molar-refractivity contribution in [2.75, 3.05) is 19.0 Å². The minimum Gasteiger partial charge on any atom is -0.462 e. The van der Waals surface area contributed by atoms with E-state index >= 15 is 0 Å². The SMILES string of the molecule is CCOC(=O)c1c(NC(=O)[C@@H](C)N(C)C2CCCCC2)sc2c1CC[C@@H](C)C2. The number of ether oxygens (including phenoxy) is 1. The Hall–Kier alpha value is -1.40. The third kappa shape index (κ3) is 4.60. The molecule has 1 heterocycles. The first-order valence-electron chi connectivity index (χ1n) is 10.8. The maximum atomic E-state index is 13.0. The first kappa shape index (κ1) is 21.3. The lowest BCUT2D eigenvalue weighted by Gasteiger charge is -2.34. The van der Waals surface area contributed by atoms with Crippen molar-refractivity contribution in [3.05, 3.63) is 16.0 Å². The summed E-state index contributed by atoms with van der Waals surface area (Å²) < 4.78 is 5.31. The fourth-order valence-electron chi connectivity index (χ4n) is 4.46. The van der Waals surface area contributed by atoms with Gasteiger partial charge in [-0.15, -0.1) is 11.3 Å². The van der Waals surface area contributed by atoms with Crippen molar-refractivity contribution in [3.63, 3.8) is 0 Å². The Kier molecular flexibility index (Phi) is 7.15. The Bertz CT molecular complexity index is 709. The summed E-state index contributed by atoms with van der Waals surface area (Å²) in [6, 6.07) is 0.243. The van der Waals surface area contributed by atoms with E-state index in [0.29, 0.717) is 29.1 Å². The van der Waals surface area contributed by atoms with Crippen molar-refractivity contribution in [2.45, 2.75) is 84.2 Å². The molecule has 5 nitrogen and oxygen atoms in total. The number of esters is 1. The van der Waals surface area contributed by atoms with Gasteiger partial charge in [-0.1, -0.05) is 26.2 Å². The van der Waals surface area contributed by atoms with Gasteiger partial charge in [-0.2, -0.15) is 0 Å². The second-order valence-electron chi connectivity index (χ2n) is 8.40. The van der Waals surface area contributed by atoms with Crippen LogP contribution in [-0.4, -0.2) is 42.5 Å². The summed E-state index contributed by atoms with van der Waals surface area (Å²) in [5, 5.41) is 3.75. The molecule has 3 rings (SSSR count). The molecule has 1 saturated carbocycles. The molecule has 28 heavy (non-hydrogen) atoms. The second kappa shape index (κ2) is 9.40. The van der Waals surface area contributed by atoms with Crippen molar-refractivity contribution in [1.29, 1.82) is 0 Å². The molecule has 1 amide bonds. The third-order valence-electron chi connectivity index (χ3n) is 6.37. The predicted molar refractivity (Wildman–Crippen MR) is 114 cm³/mol. The Morgan fingerprint density at radius 1 is 1.25 bits per heavy atom. The molecule has 0 spiro atoms. The van der Waals surface area contributed by atoms with Crippen LogP contribution in [0.3, 0.4) is 0 Å². The summed E-state index contributed by atoms with van der Waals surface area (Å²) in [6.45, 7) is 6.36. The maximum absolute atomic E-state index is 13.0. The molecule has 1 fully saturated rings. The summed E-state index contributed by atoms with van der Waals surface area (Å²) in [5.41, 5.74) is 1.68. The average molecular weight is 407 g/mol. The van der Waals surface area contributed by atoms with Crippen molar-refractivity contribution >= 4 is 28.2 Å². The van der Waals surface area contributed by atoms with Crippen LogP contribution in [0.5, 0.6) is 0 Å². The van der Waals surface area contributed by atoms with E-state index in [-0.39, 0.29) is 17.9 Å². The summed E-state index contributed by atoms with van der Waals surface area (Å²) in [7, 11) is 2.05. The van der Waals surface area contributed by atoms with Gasteiger partial charge >= 0.3 is 5.97 Å². The van der Waals surface area contributed by atoms with Gasteiger partial charge in [-0.05, 0) is 64.5 Å². The number of thiophene rings is 1. The number of carbonyl (C=O) groups is 2. The van der Waals surface area contributed by atoms with Crippen molar-refractivity contribution in [3.8, 4) is 0 Å². The van der Waals surface area contributed by atoms with E-state index in [4.69, 9.17) is 4.74 Å². The zero-order chi connectivity index (χ0) is 20.3. The van der Waals surface area contributed by atoms with Crippen LogP contribution >= 0.6 is 11.3 Å². The van der Waals surface area contributed by atoms with Gasteiger partial charge in [-0.25, -0.2) is 4.79 Å². The van der Waals surface area contributed by atoms with Gasteiger partial charge in [0.2, 0.25) is 5.91 Å². The summed E-state index contributed by atoms with van der Waals surface area (Å²) in [4.78, 5) is 29.1. The van der Waals surface area contributed by atoms with Gasteiger partial charge in [0.15, 0.2) is 0 Å². The van der Waals surface area contributed by atoms with Gasteiger partial charge in [-0.3, -0.25) is 9.69 Å². The molecule has 0 aromatic carbocycles. The van der Waals surface area contributed by atoms with E-state index < -0.39 is 0 Å². The Morgan fingerprint density at radius 2 is 1.96 bits per heavy atom. The molecule has 6 heteroatoms. The quantitative estimate of drug-likeness (QED) is 0.699. The van der Waals surface area contributed by atoms with E-state index in [0.717, 1.165) is 37.7 Å². The van der Waals surface area contributed by atoms with Gasteiger partial charge in [0.25, 0.3) is 0 Å². The van der Waals surface area contributed by atoms with E-state index in [1.165, 1.54) is 24.1 Å². The molecular formula is C22H34N2O3S. The topological polar surface area (TPSA) is 58.6 Å². The van der Waals surface area contributed by atoms with Crippen molar-refractivity contribution < 1.29 is 14.3 Å². The van der Waals surface area contributed by atoms with Crippen LogP contribution in [0.4, 0.5) is 5.00 Å². The van der Waals surface area contributed by atoms with Gasteiger partial charge < -0.3 is 10.1 Å². The highest BCUT2D eigenvalue weighted by Crippen LogP contribution is 2.40. The minimum atomic E-state index is -0.307. The molecule has 0 saturated heterocycles. The number of nitrogens with one attached hydrogen (secondary N) is 1. The lowest BCUT2D eigenvalue weighted by molar-refractivity contribution is -0.121. The summed E-state index contributed by atoms with van der Waals surface area (Å²) in [5.74, 6) is 0.268. The molecule has 2 aliphatic rings. The summed E-state index contributed by atoms with van der Waals surface area (Å²) in [6.07, 6.45) is 9.03. The smallest absolute Gasteiger partial charge is 0.341 e. The number of anilines is 1. The van der Waals surface area contributed by atoms with Crippen LogP contribution in [0.15, 0.2) is 0 Å². The molecule has 2 atom stereocenters. The third-order valence-corrected chi connectivity index (χ3v) is 7.54. The molecule has 1 aromatic rings. The highest BCUT2D eigenvalue weighted by molar-refractivity contribution is 7.17. The van der Waals surface area contributed by atoms with Crippen LogP contribution in [0.25, 0.3) is 0 Å². The first-order chi connectivity index (χ1) is 13.4. The molecule has 0 unspecified atom stereocenters. The fourth-order valence-corrected chi connectivity index (χ4v) is 5.87. The molecular weight excluding hydrogens is 372 g/mol. The molecule has 2 aliphatic carbocycles. The average Bonchev–Trinajstić information content (AvgIpc) is 3.04. The zero-order valence-electron chi connectivity index (χ0n) is 17.7. The normalized spacial score (nSPS) is 21.2. The monoisotopic (exact) mass is 406 g/mol. The number of fused-ring (bicyclic) bond motifs is 1. The van der Waals surface area contributed by atoms with Crippen molar-refractivity contribution in [2.24, 2.45) is 5.92 Å². The lowest BCUT2D eigenvalue weighted by atomic mass is 9.88. The van der Waals surface area contributed by atoms with Crippen LogP contribution in [-0.2, 0) is 22.4 Å². The number of hydrogen-bond donors (Lipinski definition) is 1. The first-order valence-corrected chi connectivity index (χ1v) is 11.6. The molecule has 1 aromatic heterocycles. The molecule has 0 bridgehead atoms. The fraction of sp³-hybridized carbons (Fsp3) is 0.727. The zero-order valence-corrected chi connectivity index (χ0v) is 18.5. The van der Waals surface area contributed by atoms with Crippen LogP contribution < -0.4 is 5.32 Å². The van der Waals surface area contributed by atoms with Gasteiger partial charge in [0.1, 0.15) is 5.00 Å². The summed E-state index contributed by atoms with van der Waals surface area (Å²) >= 11 is 1.56. The number of amides is 1.